The fourth-order valence-corrected chi connectivity index (χ4v) is 2.23. The van der Waals surface area contributed by atoms with Gasteiger partial charge >= 0.3 is 0 Å². The van der Waals surface area contributed by atoms with E-state index in [9.17, 15) is 0 Å². The van der Waals surface area contributed by atoms with E-state index >= 15 is 0 Å². The van der Waals surface area contributed by atoms with Gasteiger partial charge in [-0.25, -0.2) is 0 Å². The minimum Gasteiger partial charge on any atom is -0.493 e. The molecule has 2 nitrogen and oxygen atoms in total. The smallest absolute Gasteiger partial charge is 0.123 e. The molecule has 1 aromatic rings. The molecule has 0 amide bonds. The first-order valence-corrected chi connectivity index (χ1v) is 8.40. The van der Waals surface area contributed by atoms with Crippen molar-refractivity contribution in [2.45, 2.75) is 32.1 Å². The van der Waals surface area contributed by atoms with E-state index in [0.29, 0.717) is 5.25 Å². The lowest BCUT2D eigenvalue weighted by Crippen LogP contribution is -2.22. The van der Waals surface area contributed by atoms with Crippen LogP contribution in [-0.2, 0) is 6.54 Å². The van der Waals surface area contributed by atoms with Crippen LogP contribution in [0.5, 0.6) is 5.75 Å². The Labute approximate surface area is 123 Å². The van der Waals surface area contributed by atoms with Crippen LogP contribution in [0.1, 0.15) is 25.8 Å². The molecule has 0 bridgehead atoms. The zero-order valence-corrected chi connectivity index (χ0v) is 13.7. The van der Waals surface area contributed by atoms with E-state index in [2.05, 4.69) is 47.4 Å². The van der Waals surface area contributed by atoms with Crippen LogP contribution in [0.3, 0.4) is 0 Å². The van der Waals surface area contributed by atoms with Crippen LogP contribution in [0.25, 0.3) is 0 Å². The summed E-state index contributed by atoms with van der Waals surface area (Å²) in [6.45, 7) is 6.99. The molecule has 0 aromatic heterocycles. The molecule has 0 spiro atoms. The Kier molecular flexibility index (Phi) is 7.79. The summed E-state index contributed by atoms with van der Waals surface area (Å²) in [5, 5.41) is 4.11. The second-order valence-corrected chi connectivity index (χ2v) is 6.47. The Morgan fingerprint density at radius 2 is 2.22 bits per heavy atom. The number of benzene rings is 1. The minimum atomic E-state index is 0.636. The van der Waals surface area contributed by atoms with Crippen molar-refractivity contribution in [1.29, 1.82) is 0 Å². The monoisotopic (exact) mass is 331 g/mol. The fraction of sp³-hybridized carbons (Fsp3) is 0.571. The number of hydrogen-bond acceptors (Lipinski definition) is 3. The number of nitrogens with one attached hydrogen (secondary N) is 1. The van der Waals surface area contributed by atoms with E-state index in [1.165, 1.54) is 5.56 Å². The van der Waals surface area contributed by atoms with Crippen molar-refractivity contribution >= 4 is 27.7 Å². The Morgan fingerprint density at radius 1 is 1.44 bits per heavy atom. The van der Waals surface area contributed by atoms with Gasteiger partial charge in [0.1, 0.15) is 5.75 Å². The highest BCUT2D eigenvalue weighted by molar-refractivity contribution is 9.10. The first-order chi connectivity index (χ1) is 8.67. The van der Waals surface area contributed by atoms with Gasteiger partial charge in [-0.05, 0) is 30.9 Å². The molecule has 0 heterocycles. The van der Waals surface area contributed by atoms with Crippen molar-refractivity contribution in [2.24, 2.45) is 0 Å². The average Bonchev–Trinajstić information content (AvgIpc) is 2.37. The van der Waals surface area contributed by atoms with Gasteiger partial charge in [0.05, 0.1) is 6.61 Å². The number of ether oxygens (including phenoxy) is 1. The maximum atomic E-state index is 5.76. The number of hydrogen-bond donors (Lipinski definition) is 1. The van der Waals surface area contributed by atoms with E-state index in [0.717, 1.165) is 36.3 Å². The lowest BCUT2D eigenvalue weighted by atomic mass is 10.2. The number of halogens is 1. The largest absolute Gasteiger partial charge is 0.493 e. The van der Waals surface area contributed by atoms with Gasteiger partial charge in [-0.3, -0.25) is 0 Å². The zero-order valence-electron chi connectivity index (χ0n) is 11.3. The van der Waals surface area contributed by atoms with Crippen LogP contribution in [0, 0.1) is 0 Å². The molecule has 0 aliphatic rings. The van der Waals surface area contributed by atoms with Gasteiger partial charge in [-0.2, -0.15) is 11.8 Å². The third kappa shape index (κ3) is 5.63. The third-order valence-corrected chi connectivity index (χ3v) is 4.10. The molecule has 0 fully saturated rings. The second kappa shape index (κ2) is 8.83. The van der Waals surface area contributed by atoms with Crippen LogP contribution < -0.4 is 10.1 Å². The minimum absolute atomic E-state index is 0.636. The molecule has 0 saturated heterocycles. The van der Waals surface area contributed by atoms with E-state index in [1.54, 1.807) is 0 Å². The van der Waals surface area contributed by atoms with Crippen LogP contribution in [0.2, 0.25) is 0 Å². The van der Waals surface area contributed by atoms with Gasteiger partial charge in [0, 0.05) is 28.4 Å². The first-order valence-electron chi connectivity index (χ1n) is 6.32. The van der Waals surface area contributed by atoms with Gasteiger partial charge in [0.2, 0.25) is 0 Å². The highest BCUT2D eigenvalue weighted by Crippen LogP contribution is 2.23. The summed E-state index contributed by atoms with van der Waals surface area (Å²) in [5.74, 6) is 0.990. The van der Waals surface area contributed by atoms with Crippen molar-refractivity contribution in [3.8, 4) is 5.75 Å². The molecule has 0 radical (unpaired) electrons. The molecule has 1 rings (SSSR count). The molecule has 1 N–H and O–H groups in total. The quantitative estimate of drug-likeness (QED) is 0.775. The lowest BCUT2D eigenvalue weighted by molar-refractivity contribution is 0.313. The summed E-state index contributed by atoms with van der Waals surface area (Å²) >= 11 is 5.39. The van der Waals surface area contributed by atoms with Gasteiger partial charge in [0.25, 0.3) is 0 Å². The van der Waals surface area contributed by atoms with Gasteiger partial charge in [-0.1, -0.05) is 29.8 Å². The Bertz CT molecular complexity index is 360. The van der Waals surface area contributed by atoms with Gasteiger partial charge in [-0.15, -0.1) is 0 Å². The van der Waals surface area contributed by atoms with Gasteiger partial charge in [0.15, 0.2) is 0 Å². The second-order valence-electron chi connectivity index (χ2n) is 4.28. The van der Waals surface area contributed by atoms with E-state index in [-0.39, 0.29) is 0 Å². The molecule has 1 atom stereocenters. The van der Waals surface area contributed by atoms with Crippen molar-refractivity contribution < 1.29 is 4.74 Å². The van der Waals surface area contributed by atoms with Crippen molar-refractivity contribution in [1.82, 2.24) is 5.32 Å². The molecule has 4 heteroatoms. The third-order valence-electron chi connectivity index (χ3n) is 2.63. The highest BCUT2D eigenvalue weighted by Gasteiger charge is 2.05. The average molecular weight is 332 g/mol. The number of thioether (sulfide) groups is 1. The molecule has 0 saturated carbocycles. The molecule has 18 heavy (non-hydrogen) atoms. The molecule has 0 aliphatic heterocycles. The molecule has 1 unspecified atom stereocenters. The summed E-state index contributed by atoms with van der Waals surface area (Å²) < 4.78 is 6.86. The Balaban J connectivity index is 2.58. The van der Waals surface area contributed by atoms with Crippen LogP contribution in [0.4, 0.5) is 0 Å². The summed E-state index contributed by atoms with van der Waals surface area (Å²) in [5.41, 5.74) is 1.21. The van der Waals surface area contributed by atoms with E-state index in [4.69, 9.17) is 4.74 Å². The molecule has 1 aromatic carbocycles. The van der Waals surface area contributed by atoms with Crippen molar-refractivity contribution in [3.05, 3.63) is 28.2 Å². The predicted octanol–water partition coefficient (Wildman–Crippen LogP) is 4.08. The molecular formula is C14H22BrNOS. The lowest BCUT2D eigenvalue weighted by Gasteiger charge is -2.14. The molecular weight excluding hydrogens is 310 g/mol. The highest BCUT2D eigenvalue weighted by atomic mass is 79.9. The van der Waals surface area contributed by atoms with E-state index in [1.807, 2.05) is 23.9 Å². The van der Waals surface area contributed by atoms with Crippen molar-refractivity contribution in [2.75, 3.05) is 19.4 Å². The van der Waals surface area contributed by atoms with Crippen LogP contribution in [-0.4, -0.2) is 24.7 Å². The maximum absolute atomic E-state index is 5.76. The Hall–Kier alpha value is -0.190. The summed E-state index contributed by atoms with van der Waals surface area (Å²) in [6, 6.07) is 6.19. The summed E-state index contributed by atoms with van der Waals surface area (Å²) in [4.78, 5) is 0. The topological polar surface area (TPSA) is 21.3 Å². The molecule has 0 aliphatic carbocycles. The van der Waals surface area contributed by atoms with Crippen LogP contribution >= 0.6 is 27.7 Å². The normalized spacial score (nSPS) is 12.4. The first kappa shape index (κ1) is 15.9. The standard InChI is InChI=1S/C14H22BrNOS/c1-4-7-17-14-6-5-13(15)8-12(14)10-16-9-11(2)18-3/h5-6,8,11,16H,4,7,9-10H2,1-3H3. The van der Waals surface area contributed by atoms with Crippen LogP contribution in [0.15, 0.2) is 22.7 Å². The van der Waals surface area contributed by atoms with Gasteiger partial charge < -0.3 is 10.1 Å². The van der Waals surface area contributed by atoms with E-state index < -0.39 is 0 Å². The predicted molar refractivity (Wildman–Crippen MR) is 84.6 cm³/mol. The Morgan fingerprint density at radius 3 is 2.89 bits per heavy atom. The number of rotatable bonds is 8. The summed E-state index contributed by atoms with van der Waals surface area (Å²) in [7, 11) is 0. The zero-order chi connectivity index (χ0) is 13.4. The summed E-state index contributed by atoms with van der Waals surface area (Å²) in [6.07, 6.45) is 3.17. The van der Waals surface area contributed by atoms with Crippen molar-refractivity contribution in [3.63, 3.8) is 0 Å². The maximum Gasteiger partial charge on any atom is 0.123 e. The molecule has 102 valence electrons. The fourth-order valence-electron chi connectivity index (χ4n) is 1.53. The SMILES string of the molecule is CCCOc1ccc(Br)cc1CNCC(C)SC.